The number of likely N-dealkylation sites (tertiary alicyclic amines) is 1. The van der Waals surface area contributed by atoms with Gasteiger partial charge in [-0.05, 0) is 18.4 Å². The monoisotopic (exact) mass is 332 g/mol. The molecule has 1 heterocycles. The fourth-order valence-corrected chi connectivity index (χ4v) is 2.84. The number of aryl methyl sites for hydroxylation is 1. The summed E-state index contributed by atoms with van der Waals surface area (Å²) >= 11 is 0. The number of nitrogens with zero attached hydrogens (tertiary/aromatic N) is 1. The molecule has 1 aromatic carbocycles. The van der Waals surface area contributed by atoms with Gasteiger partial charge in [-0.2, -0.15) is 0 Å². The van der Waals surface area contributed by atoms with E-state index in [0.717, 1.165) is 12.0 Å². The summed E-state index contributed by atoms with van der Waals surface area (Å²) < 4.78 is 0. The van der Waals surface area contributed by atoms with Gasteiger partial charge < -0.3 is 15.3 Å². The van der Waals surface area contributed by atoms with E-state index in [1.807, 2.05) is 45.0 Å². The predicted octanol–water partition coefficient (Wildman–Crippen LogP) is 1.87. The fraction of sp³-hybridized carbons (Fsp3) is 0.579. The number of amides is 2. The van der Waals surface area contributed by atoms with Gasteiger partial charge in [-0.25, -0.2) is 0 Å². The molecule has 2 amide bonds. The largest absolute Gasteiger partial charge is 0.391 e. The molecule has 132 valence electrons. The molecule has 0 aliphatic carbocycles. The maximum atomic E-state index is 12.2. The van der Waals surface area contributed by atoms with E-state index in [0.29, 0.717) is 13.1 Å². The number of carbonyl (C=O) groups excluding carboxylic acids is 2. The molecule has 1 fully saturated rings. The molecule has 1 aliphatic rings. The van der Waals surface area contributed by atoms with Gasteiger partial charge in [0, 0.05) is 26.1 Å². The molecule has 1 saturated heterocycles. The predicted molar refractivity (Wildman–Crippen MR) is 93.2 cm³/mol. The molecule has 3 atom stereocenters. The lowest BCUT2D eigenvalue weighted by atomic mass is 10.0. The maximum Gasteiger partial charge on any atom is 0.225 e. The molecule has 5 nitrogen and oxygen atoms in total. The first-order chi connectivity index (χ1) is 11.4. The van der Waals surface area contributed by atoms with E-state index in [4.69, 9.17) is 0 Å². The molecule has 1 aliphatic heterocycles. The van der Waals surface area contributed by atoms with Gasteiger partial charge in [0.25, 0.3) is 0 Å². The Bertz CT molecular complexity index is 570. The van der Waals surface area contributed by atoms with Crippen LogP contribution in [0.4, 0.5) is 0 Å². The van der Waals surface area contributed by atoms with Gasteiger partial charge in [0.05, 0.1) is 12.0 Å². The van der Waals surface area contributed by atoms with Gasteiger partial charge in [-0.1, -0.05) is 50.1 Å². The minimum absolute atomic E-state index is 0.0122. The summed E-state index contributed by atoms with van der Waals surface area (Å²) in [4.78, 5) is 26.1. The van der Waals surface area contributed by atoms with Crippen molar-refractivity contribution >= 4 is 11.8 Å². The van der Waals surface area contributed by atoms with Crippen LogP contribution in [-0.4, -0.2) is 41.0 Å². The molecule has 2 N–H and O–H groups in total. The molecule has 3 unspecified atom stereocenters. The van der Waals surface area contributed by atoms with E-state index in [2.05, 4.69) is 5.32 Å². The van der Waals surface area contributed by atoms with Crippen molar-refractivity contribution in [3.05, 3.63) is 35.4 Å². The van der Waals surface area contributed by atoms with Crippen LogP contribution >= 0.6 is 0 Å². The summed E-state index contributed by atoms with van der Waals surface area (Å²) in [5.74, 6) is -0.309. The number of rotatable bonds is 7. The Morgan fingerprint density at radius 1 is 1.38 bits per heavy atom. The van der Waals surface area contributed by atoms with Crippen molar-refractivity contribution in [2.75, 3.05) is 13.1 Å². The summed E-state index contributed by atoms with van der Waals surface area (Å²) in [6, 6.07) is 8.07. The Kier molecular flexibility index (Phi) is 6.37. The van der Waals surface area contributed by atoms with E-state index in [1.165, 1.54) is 5.56 Å². The lowest BCUT2D eigenvalue weighted by Gasteiger charge is -2.19. The van der Waals surface area contributed by atoms with Crippen molar-refractivity contribution in [2.24, 2.45) is 11.8 Å². The first-order valence-corrected chi connectivity index (χ1v) is 8.69. The molecule has 0 aromatic heterocycles. The Morgan fingerprint density at radius 3 is 2.67 bits per heavy atom. The minimum atomic E-state index is -0.542. The second-order valence-electron chi connectivity index (χ2n) is 6.86. The summed E-state index contributed by atoms with van der Waals surface area (Å²) in [6.07, 6.45) is 0.570. The number of carbonyl (C=O) groups is 2. The zero-order chi connectivity index (χ0) is 17.7. The summed E-state index contributed by atoms with van der Waals surface area (Å²) in [7, 11) is 0. The Hall–Kier alpha value is -1.88. The first kappa shape index (κ1) is 18.5. The lowest BCUT2D eigenvalue weighted by Crippen LogP contribution is -2.39. The van der Waals surface area contributed by atoms with Crippen molar-refractivity contribution in [3.8, 4) is 0 Å². The third kappa shape index (κ3) is 4.81. The van der Waals surface area contributed by atoms with Crippen LogP contribution < -0.4 is 5.32 Å². The highest BCUT2D eigenvalue weighted by molar-refractivity contribution is 5.89. The fourth-order valence-electron chi connectivity index (χ4n) is 2.84. The van der Waals surface area contributed by atoms with E-state index >= 15 is 0 Å². The normalized spacial score (nSPS) is 20.1. The second kappa shape index (κ2) is 8.29. The SMILES string of the molecule is CCC(C)C(O)CNC(=O)C1CC(=O)N(Cc2ccc(C)cc2)C1. The molecule has 24 heavy (non-hydrogen) atoms. The lowest BCUT2D eigenvalue weighted by molar-refractivity contribution is -0.129. The van der Waals surface area contributed by atoms with Crippen LogP contribution in [0.1, 0.15) is 37.8 Å². The quantitative estimate of drug-likeness (QED) is 0.801. The van der Waals surface area contributed by atoms with Crippen molar-refractivity contribution in [2.45, 2.75) is 46.3 Å². The van der Waals surface area contributed by atoms with Crippen LogP contribution in [0, 0.1) is 18.8 Å². The number of aliphatic hydroxyl groups is 1. The van der Waals surface area contributed by atoms with Gasteiger partial charge in [-0.3, -0.25) is 9.59 Å². The van der Waals surface area contributed by atoms with Gasteiger partial charge in [0.1, 0.15) is 0 Å². The number of hydrogen-bond donors (Lipinski definition) is 2. The van der Waals surface area contributed by atoms with Crippen LogP contribution in [0.25, 0.3) is 0 Å². The summed E-state index contributed by atoms with van der Waals surface area (Å²) in [5, 5.41) is 12.7. The molecule has 5 heteroatoms. The summed E-state index contributed by atoms with van der Waals surface area (Å²) in [6.45, 7) is 7.22. The standard InChI is InChI=1S/C19H28N2O3/c1-4-14(3)17(22)10-20-19(24)16-9-18(23)21(12-16)11-15-7-5-13(2)6-8-15/h5-8,14,16-17,22H,4,9-12H2,1-3H3,(H,20,24). The molecular weight excluding hydrogens is 304 g/mol. The van der Waals surface area contributed by atoms with Crippen molar-refractivity contribution in [3.63, 3.8) is 0 Å². The highest BCUT2D eigenvalue weighted by atomic mass is 16.3. The first-order valence-electron chi connectivity index (χ1n) is 8.69. The average molecular weight is 332 g/mol. The molecule has 0 saturated carbocycles. The topological polar surface area (TPSA) is 69.6 Å². The van der Waals surface area contributed by atoms with E-state index in [9.17, 15) is 14.7 Å². The van der Waals surface area contributed by atoms with Gasteiger partial charge >= 0.3 is 0 Å². The average Bonchev–Trinajstić information content (AvgIpc) is 2.94. The molecule has 1 aromatic rings. The highest BCUT2D eigenvalue weighted by Crippen LogP contribution is 2.20. The van der Waals surface area contributed by atoms with Gasteiger partial charge in [0.2, 0.25) is 11.8 Å². The van der Waals surface area contributed by atoms with Crippen LogP contribution in [0.3, 0.4) is 0 Å². The number of nitrogens with one attached hydrogen (secondary N) is 1. The Balaban J connectivity index is 1.84. The van der Waals surface area contributed by atoms with E-state index < -0.39 is 6.10 Å². The highest BCUT2D eigenvalue weighted by Gasteiger charge is 2.34. The van der Waals surface area contributed by atoms with E-state index in [-0.39, 0.29) is 36.6 Å². The van der Waals surface area contributed by atoms with Crippen LogP contribution in [-0.2, 0) is 16.1 Å². The second-order valence-corrected chi connectivity index (χ2v) is 6.86. The van der Waals surface area contributed by atoms with Crippen molar-refractivity contribution in [1.29, 1.82) is 0 Å². The summed E-state index contributed by atoms with van der Waals surface area (Å²) in [5.41, 5.74) is 2.26. The smallest absolute Gasteiger partial charge is 0.225 e. The zero-order valence-corrected chi connectivity index (χ0v) is 14.8. The molecule has 0 spiro atoms. The van der Waals surface area contributed by atoms with Crippen LogP contribution in [0.15, 0.2) is 24.3 Å². The van der Waals surface area contributed by atoms with Gasteiger partial charge in [0.15, 0.2) is 0 Å². The third-order valence-corrected chi connectivity index (χ3v) is 4.87. The number of aliphatic hydroxyl groups excluding tert-OH is 1. The molecular formula is C19H28N2O3. The molecule has 0 radical (unpaired) electrons. The molecule has 0 bridgehead atoms. The minimum Gasteiger partial charge on any atom is -0.391 e. The van der Waals surface area contributed by atoms with Crippen LogP contribution in [0.2, 0.25) is 0 Å². The Labute approximate surface area is 144 Å². The third-order valence-electron chi connectivity index (χ3n) is 4.87. The van der Waals surface area contributed by atoms with Crippen molar-refractivity contribution < 1.29 is 14.7 Å². The van der Waals surface area contributed by atoms with E-state index in [1.54, 1.807) is 4.90 Å². The number of hydrogen-bond acceptors (Lipinski definition) is 3. The maximum absolute atomic E-state index is 12.2. The van der Waals surface area contributed by atoms with Crippen molar-refractivity contribution in [1.82, 2.24) is 10.2 Å². The van der Waals surface area contributed by atoms with Gasteiger partial charge in [-0.15, -0.1) is 0 Å². The van der Waals surface area contributed by atoms with Crippen LogP contribution in [0.5, 0.6) is 0 Å². The molecule has 2 rings (SSSR count). The zero-order valence-electron chi connectivity index (χ0n) is 14.8. The number of benzene rings is 1. The Morgan fingerprint density at radius 2 is 2.04 bits per heavy atom.